The van der Waals surface area contributed by atoms with Gasteiger partial charge in [-0.2, -0.15) is 0 Å². The Labute approximate surface area is 106 Å². The summed E-state index contributed by atoms with van der Waals surface area (Å²) in [6.45, 7) is 0. The molecule has 84 valence electrons. The molecule has 0 aliphatic heterocycles. The molecule has 3 aromatic rings. The van der Waals surface area contributed by atoms with Crippen molar-refractivity contribution < 1.29 is 4.39 Å². The van der Waals surface area contributed by atoms with E-state index in [9.17, 15) is 4.39 Å². The van der Waals surface area contributed by atoms with Gasteiger partial charge in [0.25, 0.3) is 0 Å². The van der Waals surface area contributed by atoms with Gasteiger partial charge in [0.05, 0.1) is 11.0 Å². The van der Waals surface area contributed by atoms with Gasteiger partial charge in [-0.3, -0.25) is 0 Å². The van der Waals surface area contributed by atoms with Crippen LogP contribution in [0.25, 0.3) is 22.4 Å². The summed E-state index contributed by atoms with van der Waals surface area (Å²) < 4.78 is 14.0. The molecule has 0 bridgehead atoms. The molecule has 17 heavy (non-hydrogen) atoms. The Hall–Kier alpha value is -1.68. The molecule has 0 amide bonds. The lowest BCUT2D eigenvalue weighted by atomic mass is 10.2. The van der Waals surface area contributed by atoms with Crippen LogP contribution in [0.5, 0.6) is 0 Å². The van der Waals surface area contributed by atoms with Gasteiger partial charge in [0.1, 0.15) is 11.6 Å². The number of benzene rings is 2. The first-order valence-corrected chi connectivity index (χ1v) is 5.93. The molecule has 0 aliphatic carbocycles. The van der Waals surface area contributed by atoms with E-state index in [1.54, 1.807) is 6.07 Å². The number of aromatic amines is 1. The van der Waals surface area contributed by atoms with Crippen LogP contribution in [-0.2, 0) is 0 Å². The van der Waals surface area contributed by atoms with E-state index in [4.69, 9.17) is 0 Å². The highest BCUT2D eigenvalue weighted by atomic mass is 79.9. The smallest absolute Gasteiger partial charge is 0.139 e. The summed E-state index contributed by atoms with van der Waals surface area (Å²) in [4.78, 5) is 7.55. The van der Waals surface area contributed by atoms with E-state index in [1.807, 2.05) is 24.3 Å². The van der Waals surface area contributed by atoms with Crippen LogP contribution in [0.15, 0.2) is 46.9 Å². The maximum absolute atomic E-state index is 13.1. The first-order valence-electron chi connectivity index (χ1n) is 5.14. The van der Waals surface area contributed by atoms with Gasteiger partial charge < -0.3 is 4.98 Å². The van der Waals surface area contributed by atoms with Crippen molar-refractivity contribution >= 4 is 27.0 Å². The van der Waals surface area contributed by atoms with Crippen molar-refractivity contribution in [2.24, 2.45) is 0 Å². The highest BCUT2D eigenvalue weighted by Gasteiger charge is 2.08. The van der Waals surface area contributed by atoms with Crippen LogP contribution in [-0.4, -0.2) is 9.97 Å². The molecule has 0 saturated carbocycles. The number of nitrogens with zero attached hydrogens (tertiary/aromatic N) is 1. The highest BCUT2D eigenvalue weighted by Crippen LogP contribution is 2.27. The van der Waals surface area contributed by atoms with Crippen LogP contribution in [0, 0.1) is 5.82 Å². The van der Waals surface area contributed by atoms with Gasteiger partial charge in [-0.05, 0) is 24.3 Å². The van der Waals surface area contributed by atoms with Crippen molar-refractivity contribution in [3.05, 3.63) is 52.8 Å². The van der Waals surface area contributed by atoms with Crippen LogP contribution in [0.1, 0.15) is 0 Å². The molecule has 0 atom stereocenters. The second-order valence-electron chi connectivity index (χ2n) is 3.73. The van der Waals surface area contributed by atoms with Gasteiger partial charge in [-0.1, -0.05) is 34.1 Å². The minimum absolute atomic E-state index is 0.264. The topological polar surface area (TPSA) is 28.7 Å². The van der Waals surface area contributed by atoms with E-state index in [-0.39, 0.29) is 5.82 Å². The normalized spacial score (nSPS) is 10.9. The lowest BCUT2D eigenvalue weighted by Gasteiger charge is -1.98. The summed E-state index contributed by atoms with van der Waals surface area (Å²) in [6.07, 6.45) is 0. The predicted molar refractivity (Wildman–Crippen MR) is 69.2 cm³/mol. The summed E-state index contributed by atoms with van der Waals surface area (Å²) in [5, 5.41) is 0. The standard InChI is InChI=1S/C13H8BrFN2/c14-10-4-2-1-3-9(10)13-16-11-6-5-8(15)7-12(11)17-13/h1-7H,(H,16,17). The van der Waals surface area contributed by atoms with Gasteiger partial charge in [0.15, 0.2) is 0 Å². The van der Waals surface area contributed by atoms with Crippen molar-refractivity contribution in [1.82, 2.24) is 9.97 Å². The fraction of sp³-hybridized carbons (Fsp3) is 0. The molecule has 3 rings (SSSR count). The number of halogens is 2. The quantitative estimate of drug-likeness (QED) is 0.717. The van der Waals surface area contributed by atoms with Gasteiger partial charge in [0, 0.05) is 10.0 Å². The molecule has 1 N–H and O–H groups in total. The van der Waals surface area contributed by atoms with Crippen molar-refractivity contribution in [2.45, 2.75) is 0 Å². The van der Waals surface area contributed by atoms with Gasteiger partial charge >= 0.3 is 0 Å². The zero-order valence-corrected chi connectivity index (χ0v) is 10.3. The second kappa shape index (κ2) is 3.96. The summed E-state index contributed by atoms with van der Waals surface area (Å²) in [7, 11) is 0. The second-order valence-corrected chi connectivity index (χ2v) is 4.58. The molecule has 2 aromatic carbocycles. The molecule has 0 unspecified atom stereocenters. The van der Waals surface area contributed by atoms with E-state index in [1.165, 1.54) is 12.1 Å². The third kappa shape index (κ3) is 1.85. The summed E-state index contributed by atoms with van der Waals surface area (Å²) in [5.41, 5.74) is 2.43. The number of hydrogen-bond acceptors (Lipinski definition) is 1. The largest absolute Gasteiger partial charge is 0.338 e. The average Bonchev–Trinajstić information content (AvgIpc) is 2.72. The molecular formula is C13H8BrFN2. The van der Waals surface area contributed by atoms with E-state index in [2.05, 4.69) is 25.9 Å². The van der Waals surface area contributed by atoms with Crippen LogP contribution in [0.2, 0.25) is 0 Å². The lowest BCUT2D eigenvalue weighted by Crippen LogP contribution is -1.81. The van der Waals surface area contributed by atoms with Crippen molar-refractivity contribution in [1.29, 1.82) is 0 Å². The van der Waals surface area contributed by atoms with E-state index < -0.39 is 0 Å². The zero-order chi connectivity index (χ0) is 11.8. The van der Waals surface area contributed by atoms with Crippen LogP contribution in [0.4, 0.5) is 4.39 Å². The zero-order valence-electron chi connectivity index (χ0n) is 8.74. The minimum atomic E-state index is -0.264. The minimum Gasteiger partial charge on any atom is -0.338 e. The van der Waals surface area contributed by atoms with Gasteiger partial charge in [-0.25, -0.2) is 9.37 Å². The third-order valence-corrected chi connectivity index (χ3v) is 3.26. The molecular weight excluding hydrogens is 283 g/mol. The fourth-order valence-corrected chi connectivity index (χ4v) is 2.24. The fourth-order valence-electron chi connectivity index (χ4n) is 1.76. The molecule has 0 radical (unpaired) electrons. The van der Waals surface area contributed by atoms with Gasteiger partial charge in [0.2, 0.25) is 0 Å². The monoisotopic (exact) mass is 290 g/mol. The summed E-state index contributed by atoms with van der Waals surface area (Å²) in [5.74, 6) is 0.470. The van der Waals surface area contributed by atoms with Crippen molar-refractivity contribution in [2.75, 3.05) is 0 Å². The summed E-state index contributed by atoms with van der Waals surface area (Å²) in [6, 6.07) is 12.3. The third-order valence-electron chi connectivity index (χ3n) is 2.57. The summed E-state index contributed by atoms with van der Waals surface area (Å²) >= 11 is 3.47. The molecule has 0 saturated heterocycles. The predicted octanol–water partition coefficient (Wildman–Crippen LogP) is 4.13. The SMILES string of the molecule is Fc1ccc2nc(-c3ccccc3Br)[nH]c2c1. The van der Waals surface area contributed by atoms with E-state index in [0.29, 0.717) is 5.52 Å². The maximum Gasteiger partial charge on any atom is 0.139 e. The number of imidazole rings is 1. The molecule has 0 spiro atoms. The average molecular weight is 291 g/mol. The Morgan fingerprint density at radius 1 is 1.12 bits per heavy atom. The first kappa shape index (κ1) is 10.5. The molecule has 4 heteroatoms. The lowest BCUT2D eigenvalue weighted by molar-refractivity contribution is 0.629. The Kier molecular flexibility index (Phi) is 2.44. The number of fused-ring (bicyclic) bond motifs is 1. The maximum atomic E-state index is 13.1. The number of aromatic nitrogens is 2. The molecule has 0 aliphatic rings. The Morgan fingerprint density at radius 3 is 2.76 bits per heavy atom. The van der Waals surface area contributed by atoms with Crippen LogP contribution < -0.4 is 0 Å². The molecule has 2 nitrogen and oxygen atoms in total. The van der Waals surface area contributed by atoms with Gasteiger partial charge in [-0.15, -0.1) is 0 Å². The Morgan fingerprint density at radius 2 is 1.94 bits per heavy atom. The molecule has 1 heterocycles. The Bertz CT molecular complexity index is 691. The number of hydrogen-bond donors (Lipinski definition) is 1. The van der Waals surface area contributed by atoms with Crippen molar-refractivity contribution in [3.8, 4) is 11.4 Å². The molecule has 1 aromatic heterocycles. The molecule has 0 fully saturated rings. The van der Waals surface area contributed by atoms with Crippen molar-refractivity contribution in [3.63, 3.8) is 0 Å². The number of nitrogens with one attached hydrogen (secondary N) is 1. The highest BCUT2D eigenvalue weighted by molar-refractivity contribution is 9.10. The van der Waals surface area contributed by atoms with Crippen LogP contribution in [0.3, 0.4) is 0 Å². The number of rotatable bonds is 1. The van der Waals surface area contributed by atoms with E-state index in [0.717, 1.165) is 21.4 Å². The number of H-pyrrole nitrogens is 1. The Balaban J connectivity index is 2.22. The first-order chi connectivity index (χ1) is 8.24. The van der Waals surface area contributed by atoms with E-state index >= 15 is 0 Å². The van der Waals surface area contributed by atoms with Crippen LogP contribution >= 0.6 is 15.9 Å².